The molecule has 6 rings (SSSR count). The molecule has 4 aromatic rings. The third-order valence-corrected chi connectivity index (χ3v) is 8.79. The van der Waals surface area contributed by atoms with Crippen LogP contribution in [0, 0.1) is 20.8 Å². The predicted octanol–water partition coefficient (Wildman–Crippen LogP) is 6.46. The van der Waals surface area contributed by atoms with Gasteiger partial charge in [0.2, 0.25) is 0 Å². The Morgan fingerprint density at radius 3 is 2.12 bits per heavy atom. The maximum absolute atomic E-state index is 13.5. The number of esters is 3. The van der Waals surface area contributed by atoms with Gasteiger partial charge in [-0.1, -0.05) is 49.1 Å². The number of benzene rings is 4. The maximum atomic E-state index is 13.5. The molecule has 1 atom stereocenters. The number of carbonyl (C=O) groups is 3. The van der Waals surface area contributed by atoms with E-state index in [2.05, 4.69) is 19.2 Å². The van der Waals surface area contributed by atoms with Gasteiger partial charge in [0.25, 0.3) is 0 Å². The molecule has 0 amide bonds. The van der Waals surface area contributed by atoms with Crippen LogP contribution < -0.4 is 20.5 Å². The fourth-order valence-corrected chi connectivity index (χ4v) is 6.46. The molecule has 250 valence electrons. The summed E-state index contributed by atoms with van der Waals surface area (Å²) >= 11 is 0. The summed E-state index contributed by atoms with van der Waals surface area (Å²) in [4.78, 5) is 38.9. The van der Waals surface area contributed by atoms with Crippen LogP contribution in [0.15, 0.2) is 98.1 Å². The van der Waals surface area contributed by atoms with E-state index in [9.17, 15) is 14.4 Å². The maximum Gasteiger partial charge on any atom is 0.340 e. The lowest BCUT2D eigenvalue weighted by Crippen LogP contribution is -2.35. The van der Waals surface area contributed by atoms with Gasteiger partial charge in [-0.15, -0.1) is 0 Å². The van der Waals surface area contributed by atoms with E-state index < -0.39 is 23.5 Å². The molecule has 10 nitrogen and oxygen atoms in total. The average molecular weight is 660 g/mol. The minimum absolute atomic E-state index is 0.0635. The highest BCUT2D eigenvalue weighted by molar-refractivity contribution is 5.97. The molecule has 0 bridgehead atoms. The van der Waals surface area contributed by atoms with Crippen LogP contribution in [0.25, 0.3) is 0 Å². The van der Waals surface area contributed by atoms with Gasteiger partial charge in [-0.3, -0.25) is 5.01 Å². The number of hydrogen-bond donors (Lipinski definition) is 1. The highest BCUT2D eigenvalue weighted by Gasteiger charge is 2.54. The number of fused-ring (bicyclic) bond motifs is 6. The zero-order valence-corrected chi connectivity index (χ0v) is 27.7. The Hall–Kier alpha value is -5.87. The molecule has 10 heteroatoms. The Kier molecular flexibility index (Phi) is 8.99. The van der Waals surface area contributed by atoms with Crippen molar-refractivity contribution in [2.75, 3.05) is 36.2 Å². The monoisotopic (exact) mass is 659 g/mol. The van der Waals surface area contributed by atoms with Gasteiger partial charge in [0.15, 0.2) is 5.60 Å². The van der Waals surface area contributed by atoms with Gasteiger partial charge < -0.3 is 23.8 Å². The summed E-state index contributed by atoms with van der Waals surface area (Å²) in [6.45, 7) is 13.6. The summed E-state index contributed by atoms with van der Waals surface area (Å²) in [5.74, 6) is 6.24. The molecule has 0 saturated heterocycles. The number of hydrogen-bond acceptors (Lipinski definition) is 10. The first-order chi connectivity index (χ1) is 23.6. The third-order valence-electron chi connectivity index (χ3n) is 8.79. The van der Waals surface area contributed by atoms with E-state index in [-0.39, 0.29) is 26.3 Å². The lowest BCUT2D eigenvalue weighted by Gasteiger charge is -2.38. The Balaban J connectivity index is 1.46. The van der Waals surface area contributed by atoms with Crippen molar-refractivity contribution in [1.29, 1.82) is 0 Å². The molecule has 0 fully saturated rings. The quantitative estimate of drug-likeness (QED) is 0.0632. The molecule has 1 spiro atoms. The first-order valence-electron chi connectivity index (χ1n) is 15.8. The highest BCUT2D eigenvalue weighted by atomic mass is 16.6. The molecule has 0 aromatic heterocycles. The molecule has 0 aliphatic carbocycles. The summed E-state index contributed by atoms with van der Waals surface area (Å²) in [6.07, 6.45) is 2.19. The van der Waals surface area contributed by atoms with Gasteiger partial charge in [0.05, 0.1) is 30.0 Å². The largest absolute Gasteiger partial charge is 0.461 e. The number of nitrogens with zero attached hydrogens (tertiary/aromatic N) is 2. The second-order valence-corrected chi connectivity index (χ2v) is 11.9. The summed E-state index contributed by atoms with van der Waals surface area (Å²) < 4.78 is 23.5. The zero-order chi connectivity index (χ0) is 34.9. The molecule has 2 aliphatic rings. The molecule has 1 unspecified atom stereocenters. The number of anilines is 3. The van der Waals surface area contributed by atoms with Crippen LogP contribution in [0.2, 0.25) is 0 Å². The van der Waals surface area contributed by atoms with E-state index in [4.69, 9.17) is 24.8 Å². The van der Waals surface area contributed by atoms with Crippen molar-refractivity contribution in [2.45, 2.75) is 26.4 Å². The van der Waals surface area contributed by atoms with Crippen molar-refractivity contribution >= 4 is 35.0 Å². The standard InChI is InChI=1S/C39H37N3O7/c1-6-36(43)46-18-16-41(17-19-47-37(44)7-2)27-13-14-30-35(22-27)48-34-21-26(5)33(42(40)32-15-12-24(3)20-25(32)4)23-31(34)39(30)29-11-9-8-10-28(29)38(45)49-39/h6-15,20-23H,1-2,16-19,40H2,3-5H3. The number of aryl methyl sites for hydroxylation is 3. The van der Waals surface area contributed by atoms with Gasteiger partial charge in [-0.2, -0.15) is 0 Å². The topological polar surface area (TPSA) is 121 Å². The molecule has 49 heavy (non-hydrogen) atoms. The van der Waals surface area contributed by atoms with E-state index in [1.807, 2.05) is 86.3 Å². The average Bonchev–Trinajstić information content (AvgIpc) is 3.38. The second kappa shape index (κ2) is 13.3. The van der Waals surface area contributed by atoms with E-state index in [0.717, 1.165) is 40.2 Å². The molecular weight excluding hydrogens is 622 g/mol. The number of hydrazine groups is 1. The molecule has 0 saturated carbocycles. The summed E-state index contributed by atoms with van der Waals surface area (Å²) in [6, 6.07) is 22.8. The zero-order valence-electron chi connectivity index (χ0n) is 27.7. The Morgan fingerprint density at radius 1 is 0.796 bits per heavy atom. The molecule has 2 aliphatic heterocycles. The summed E-state index contributed by atoms with van der Waals surface area (Å²) in [5.41, 5.74) is 6.35. The SMILES string of the molecule is C=CC(=O)OCCN(CCOC(=O)C=C)c1ccc2c(c1)Oc1cc(C)c(N(N)c3ccc(C)cc3C)cc1C21OC(=O)c2ccccc21. The molecular formula is C39H37N3O7. The van der Waals surface area contributed by atoms with E-state index in [1.54, 1.807) is 11.1 Å². The molecule has 2 heterocycles. The van der Waals surface area contributed by atoms with Crippen molar-refractivity contribution in [1.82, 2.24) is 0 Å². The number of carbonyl (C=O) groups excluding carboxylic acids is 3. The smallest absolute Gasteiger partial charge is 0.340 e. The van der Waals surface area contributed by atoms with Crippen LogP contribution in [-0.4, -0.2) is 44.2 Å². The first-order valence-corrected chi connectivity index (χ1v) is 15.8. The number of rotatable bonds is 11. The van der Waals surface area contributed by atoms with Crippen molar-refractivity contribution in [3.8, 4) is 11.5 Å². The third kappa shape index (κ3) is 6.02. The lowest BCUT2D eigenvalue weighted by molar-refractivity contribution is -0.137. The van der Waals surface area contributed by atoms with Crippen molar-refractivity contribution < 1.29 is 33.3 Å². The molecule has 2 N–H and O–H groups in total. The summed E-state index contributed by atoms with van der Waals surface area (Å²) in [7, 11) is 0. The molecule has 0 radical (unpaired) electrons. The first kappa shape index (κ1) is 33.0. The minimum Gasteiger partial charge on any atom is -0.461 e. The number of nitrogens with two attached hydrogens (primary N) is 1. The Morgan fingerprint density at radius 2 is 1.45 bits per heavy atom. The van der Waals surface area contributed by atoms with Crippen molar-refractivity contribution in [3.05, 3.63) is 137 Å². The van der Waals surface area contributed by atoms with Gasteiger partial charge >= 0.3 is 17.9 Å². The van der Waals surface area contributed by atoms with Crippen molar-refractivity contribution in [3.63, 3.8) is 0 Å². The van der Waals surface area contributed by atoms with E-state index in [1.165, 1.54) is 0 Å². The van der Waals surface area contributed by atoms with Crippen LogP contribution in [-0.2, 0) is 29.4 Å². The fourth-order valence-electron chi connectivity index (χ4n) is 6.46. The van der Waals surface area contributed by atoms with Crippen molar-refractivity contribution in [2.24, 2.45) is 5.84 Å². The van der Waals surface area contributed by atoms with Crippen LogP contribution >= 0.6 is 0 Å². The number of ether oxygens (including phenoxy) is 4. The van der Waals surface area contributed by atoms with Gasteiger partial charge in [-0.05, 0) is 68.3 Å². The van der Waals surface area contributed by atoms with E-state index >= 15 is 0 Å². The second-order valence-electron chi connectivity index (χ2n) is 11.9. The van der Waals surface area contributed by atoms with Gasteiger partial charge in [0.1, 0.15) is 24.7 Å². The van der Waals surface area contributed by atoms with Crippen LogP contribution in [0.4, 0.5) is 17.1 Å². The lowest BCUT2D eigenvalue weighted by atomic mass is 9.77. The normalized spacial score (nSPS) is 15.2. The van der Waals surface area contributed by atoms with Crippen LogP contribution in [0.1, 0.15) is 43.7 Å². The summed E-state index contributed by atoms with van der Waals surface area (Å²) in [5, 5.41) is 1.65. The Bertz CT molecular complexity index is 1980. The highest BCUT2D eigenvalue weighted by Crippen LogP contribution is 2.57. The Labute approximate surface area is 284 Å². The molecule has 4 aromatic carbocycles. The predicted molar refractivity (Wildman–Crippen MR) is 186 cm³/mol. The van der Waals surface area contributed by atoms with Crippen LogP contribution in [0.3, 0.4) is 0 Å². The van der Waals surface area contributed by atoms with E-state index in [0.29, 0.717) is 39.4 Å². The minimum atomic E-state index is -1.33. The van der Waals surface area contributed by atoms with Gasteiger partial charge in [0, 0.05) is 40.6 Å². The van der Waals surface area contributed by atoms with Gasteiger partial charge in [-0.25, -0.2) is 20.2 Å². The fraction of sp³-hybridized carbons (Fsp3) is 0.205. The van der Waals surface area contributed by atoms with Crippen LogP contribution in [0.5, 0.6) is 11.5 Å².